The zero-order valence-corrected chi connectivity index (χ0v) is 10.8. The van der Waals surface area contributed by atoms with E-state index in [1.807, 2.05) is 12.3 Å². The minimum absolute atomic E-state index is 0.188. The molecular weight excluding hydrogens is 252 g/mol. The number of carbonyl (C=O) groups is 1. The third-order valence-electron chi connectivity index (χ3n) is 2.13. The van der Waals surface area contributed by atoms with Crippen molar-refractivity contribution in [2.24, 2.45) is 0 Å². The van der Waals surface area contributed by atoms with E-state index in [-0.39, 0.29) is 5.69 Å². The van der Waals surface area contributed by atoms with E-state index in [2.05, 4.69) is 25.0 Å². The van der Waals surface area contributed by atoms with Crippen molar-refractivity contribution in [1.29, 1.82) is 0 Å². The summed E-state index contributed by atoms with van der Waals surface area (Å²) in [5.74, 6) is 0.0973. The van der Waals surface area contributed by atoms with Crippen LogP contribution in [0.15, 0.2) is 17.8 Å². The summed E-state index contributed by atoms with van der Waals surface area (Å²) in [5.41, 5.74) is 1.19. The monoisotopic (exact) mass is 264 g/mol. The van der Waals surface area contributed by atoms with E-state index in [0.29, 0.717) is 12.4 Å². The molecule has 1 N–H and O–H groups in total. The van der Waals surface area contributed by atoms with Gasteiger partial charge >= 0.3 is 5.97 Å². The molecule has 2 rings (SSSR count). The van der Waals surface area contributed by atoms with Gasteiger partial charge in [0.15, 0.2) is 5.69 Å². The Hall–Kier alpha value is -2.02. The Balaban J connectivity index is 1.96. The Morgan fingerprint density at radius 3 is 2.83 bits per heavy atom. The van der Waals surface area contributed by atoms with Crippen LogP contribution in [0.2, 0.25) is 0 Å². The van der Waals surface area contributed by atoms with Crippen LogP contribution in [0.1, 0.15) is 21.2 Å². The topological polar surface area (TPSA) is 77.0 Å². The van der Waals surface area contributed by atoms with Crippen molar-refractivity contribution < 1.29 is 9.53 Å². The number of nitrogens with one attached hydrogen (secondary N) is 1. The second kappa shape index (κ2) is 5.54. The molecule has 7 heteroatoms. The molecule has 0 aromatic carbocycles. The van der Waals surface area contributed by atoms with Crippen LogP contribution in [0.3, 0.4) is 0 Å². The summed E-state index contributed by atoms with van der Waals surface area (Å²) in [4.78, 5) is 23.5. The molecule has 18 heavy (non-hydrogen) atoms. The van der Waals surface area contributed by atoms with Gasteiger partial charge < -0.3 is 10.1 Å². The first-order valence-corrected chi connectivity index (χ1v) is 6.12. The Bertz CT molecular complexity index is 538. The number of hydrogen-bond acceptors (Lipinski definition) is 7. The van der Waals surface area contributed by atoms with Crippen molar-refractivity contribution in [2.75, 3.05) is 12.4 Å². The van der Waals surface area contributed by atoms with Crippen LogP contribution in [0, 0.1) is 6.92 Å². The summed E-state index contributed by atoms with van der Waals surface area (Å²) in [6, 6.07) is 0. The molecule has 0 spiro atoms. The number of thiazole rings is 1. The Labute approximate surface area is 108 Å². The fourth-order valence-electron chi connectivity index (χ4n) is 1.28. The second-order valence-corrected chi connectivity index (χ2v) is 4.46. The van der Waals surface area contributed by atoms with Crippen molar-refractivity contribution in [1.82, 2.24) is 15.0 Å². The number of esters is 1. The summed E-state index contributed by atoms with van der Waals surface area (Å²) >= 11 is 1.58. The zero-order valence-electron chi connectivity index (χ0n) is 10.0. The minimum Gasteiger partial charge on any atom is -0.464 e. The predicted molar refractivity (Wildman–Crippen MR) is 67.5 cm³/mol. The van der Waals surface area contributed by atoms with E-state index in [9.17, 15) is 4.79 Å². The molecule has 0 saturated carbocycles. The first-order valence-electron chi connectivity index (χ1n) is 5.24. The molecule has 0 bridgehead atoms. The van der Waals surface area contributed by atoms with Gasteiger partial charge in [0.2, 0.25) is 0 Å². The molecule has 0 amide bonds. The van der Waals surface area contributed by atoms with Crippen molar-refractivity contribution in [3.63, 3.8) is 0 Å². The van der Waals surface area contributed by atoms with E-state index in [0.717, 1.165) is 10.7 Å². The summed E-state index contributed by atoms with van der Waals surface area (Å²) in [6.45, 7) is 2.54. The van der Waals surface area contributed by atoms with E-state index >= 15 is 0 Å². The van der Waals surface area contributed by atoms with Crippen molar-refractivity contribution in [2.45, 2.75) is 13.5 Å². The Kier molecular flexibility index (Phi) is 3.83. The summed E-state index contributed by atoms with van der Waals surface area (Å²) in [6.07, 6.45) is 2.87. The van der Waals surface area contributed by atoms with Gasteiger partial charge in [-0.15, -0.1) is 11.3 Å². The maximum atomic E-state index is 11.2. The molecular formula is C11H12N4O2S. The van der Waals surface area contributed by atoms with Crippen LogP contribution in [-0.4, -0.2) is 28.0 Å². The van der Waals surface area contributed by atoms with Crippen molar-refractivity contribution >= 4 is 23.1 Å². The maximum absolute atomic E-state index is 11.2. The largest absolute Gasteiger partial charge is 0.464 e. The third-order valence-corrected chi connectivity index (χ3v) is 3.10. The van der Waals surface area contributed by atoms with Crippen LogP contribution in [-0.2, 0) is 11.3 Å². The molecule has 0 unspecified atom stereocenters. The molecule has 2 aromatic heterocycles. The number of rotatable bonds is 4. The standard InChI is InChI=1S/C11H12N4O2S/c1-7-6-18-10(15-7)5-14-9-4-12-8(3-13-9)11(16)17-2/h3-4,6H,5H2,1-2H3,(H,13,14). The van der Waals surface area contributed by atoms with E-state index in [1.165, 1.54) is 19.5 Å². The molecule has 2 aromatic rings. The first kappa shape index (κ1) is 12.4. The van der Waals surface area contributed by atoms with Gasteiger partial charge in [0.05, 0.1) is 26.0 Å². The highest BCUT2D eigenvalue weighted by atomic mass is 32.1. The second-order valence-electron chi connectivity index (χ2n) is 3.51. The Morgan fingerprint density at radius 1 is 1.44 bits per heavy atom. The average molecular weight is 264 g/mol. The molecule has 6 nitrogen and oxygen atoms in total. The van der Waals surface area contributed by atoms with E-state index in [1.54, 1.807) is 11.3 Å². The lowest BCUT2D eigenvalue weighted by Crippen LogP contribution is -2.07. The molecule has 0 saturated heterocycles. The third kappa shape index (κ3) is 3.01. The highest BCUT2D eigenvalue weighted by Gasteiger charge is 2.07. The minimum atomic E-state index is -0.496. The lowest BCUT2D eigenvalue weighted by Gasteiger charge is -2.03. The number of anilines is 1. The van der Waals surface area contributed by atoms with Gasteiger partial charge in [-0.3, -0.25) is 0 Å². The van der Waals surface area contributed by atoms with Crippen LogP contribution >= 0.6 is 11.3 Å². The van der Waals surface area contributed by atoms with Crippen LogP contribution < -0.4 is 5.32 Å². The summed E-state index contributed by atoms with van der Waals surface area (Å²) in [7, 11) is 1.31. The zero-order chi connectivity index (χ0) is 13.0. The fraction of sp³-hybridized carbons (Fsp3) is 0.273. The van der Waals surface area contributed by atoms with Crippen molar-refractivity contribution in [3.05, 3.63) is 34.2 Å². The SMILES string of the molecule is COC(=O)c1cnc(NCc2nc(C)cs2)cn1. The number of hydrogen-bond donors (Lipinski definition) is 1. The number of nitrogens with zero attached hydrogens (tertiary/aromatic N) is 3. The van der Waals surface area contributed by atoms with Crippen LogP contribution in [0.5, 0.6) is 0 Å². The normalized spacial score (nSPS) is 10.1. The van der Waals surface area contributed by atoms with Gasteiger partial charge in [-0.1, -0.05) is 0 Å². The fourth-order valence-corrected chi connectivity index (χ4v) is 1.99. The molecule has 0 aliphatic heterocycles. The van der Waals surface area contributed by atoms with E-state index < -0.39 is 5.97 Å². The number of carbonyl (C=O) groups excluding carboxylic acids is 1. The molecule has 0 fully saturated rings. The number of aryl methyl sites for hydroxylation is 1. The van der Waals surface area contributed by atoms with Gasteiger partial charge in [-0.2, -0.15) is 0 Å². The van der Waals surface area contributed by atoms with Gasteiger partial charge in [0.25, 0.3) is 0 Å². The van der Waals surface area contributed by atoms with Crippen molar-refractivity contribution in [3.8, 4) is 0 Å². The van der Waals surface area contributed by atoms with Gasteiger partial charge in [0, 0.05) is 11.1 Å². The lowest BCUT2D eigenvalue weighted by atomic mass is 10.4. The Morgan fingerprint density at radius 2 is 2.28 bits per heavy atom. The molecule has 0 aliphatic rings. The molecule has 0 radical (unpaired) electrons. The molecule has 0 aliphatic carbocycles. The van der Waals surface area contributed by atoms with Crippen LogP contribution in [0.25, 0.3) is 0 Å². The highest BCUT2D eigenvalue weighted by molar-refractivity contribution is 7.09. The smallest absolute Gasteiger partial charge is 0.358 e. The van der Waals surface area contributed by atoms with Gasteiger partial charge in [-0.25, -0.2) is 19.7 Å². The highest BCUT2D eigenvalue weighted by Crippen LogP contribution is 2.10. The predicted octanol–water partition coefficient (Wildman–Crippen LogP) is 1.64. The quantitative estimate of drug-likeness (QED) is 0.846. The first-order chi connectivity index (χ1) is 8.69. The summed E-state index contributed by atoms with van der Waals surface area (Å²) < 4.78 is 4.54. The van der Waals surface area contributed by atoms with Crippen LogP contribution in [0.4, 0.5) is 5.82 Å². The average Bonchev–Trinajstić information content (AvgIpc) is 2.82. The van der Waals surface area contributed by atoms with Gasteiger partial charge in [-0.05, 0) is 6.92 Å². The molecule has 2 heterocycles. The number of methoxy groups -OCH3 is 1. The molecule has 94 valence electrons. The number of aromatic nitrogens is 3. The van der Waals surface area contributed by atoms with Gasteiger partial charge in [0.1, 0.15) is 10.8 Å². The maximum Gasteiger partial charge on any atom is 0.358 e. The van der Waals surface area contributed by atoms with E-state index in [4.69, 9.17) is 0 Å². The molecule has 0 atom stereocenters. The number of ether oxygens (including phenoxy) is 1. The summed E-state index contributed by atoms with van der Waals surface area (Å²) in [5, 5.41) is 6.05. The lowest BCUT2D eigenvalue weighted by molar-refractivity contribution is 0.0593.